The predicted molar refractivity (Wildman–Crippen MR) is 110 cm³/mol. The Bertz CT molecular complexity index is 1120. The molecule has 2 aliphatic heterocycles. The number of imide groups is 1. The highest BCUT2D eigenvalue weighted by Crippen LogP contribution is 2.28. The molecule has 1 unspecified atom stereocenters. The van der Waals surface area contributed by atoms with Crippen LogP contribution in [0.5, 0.6) is 0 Å². The van der Waals surface area contributed by atoms with E-state index < -0.39 is 11.9 Å². The maximum absolute atomic E-state index is 12.9. The molecule has 2 aromatic carbocycles. The predicted octanol–water partition coefficient (Wildman–Crippen LogP) is 1.38. The molecule has 0 aromatic heterocycles. The molecule has 0 bridgehead atoms. The average Bonchev–Trinajstić information content (AvgIpc) is 3.08. The maximum Gasteiger partial charge on any atom is 0.255 e. The van der Waals surface area contributed by atoms with Crippen molar-refractivity contribution in [3.63, 3.8) is 0 Å². The quantitative estimate of drug-likeness (QED) is 0.596. The molecular weight excluding hydrogens is 398 g/mol. The van der Waals surface area contributed by atoms with Crippen LogP contribution in [-0.2, 0) is 16.1 Å². The van der Waals surface area contributed by atoms with Gasteiger partial charge in [-0.1, -0.05) is 18.2 Å². The van der Waals surface area contributed by atoms with Crippen LogP contribution in [0.4, 0.5) is 0 Å². The minimum atomic E-state index is -0.696. The third-order valence-electron chi connectivity index (χ3n) is 5.59. The zero-order chi connectivity index (χ0) is 22.3. The van der Waals surface area contributed by atoms with Crippen molar-refractivity contribution in [2.24, 2.45) is 0 Å². The molecular formula is C23H21N3O5. The summed E-state index contributed by atoms with van der Waals surface area (Å²) < 4.78 is 0. The Balaban J connectivity index is 1.54. The lowest BCUT2D eigenvalue weighted by atomic mass is 9.98. The summed E-state index contributed by atoms with van der Waals surface area (Å²) in [6, 6.07) is 10.6. The Morgan fingerprint density at radius 1 is 0.968 bits per heavy atom. The number of hydrogen-bond donors (Lipinski definition) is 1. The van der Waals surface area contributed by atoms with Crippen molar-refractivity contribution in [1.29, 1.82) is 0 Å². The van der Waals surface area contributed by atoms with Gasteiger partial charge >= 0.3 is 0 Å². The SMILES string of the molecule is CN(C)C(=O)c1ccc(C(=O)c2ccc3c(c2)CN(C2CCC(=O)NC2=O)C3=O)cc1. The van der Waals surface area contributed by atoms with E-state index in [1.165, 1.54) is 9.80 Å². The van der Waals surface area contributed by atoms with Crippen LogP contribution in [0.3, 0.4) is 0 Å². The summed E-state index contributed by atoms with van der Waals surface area (Å²) in [6.07, 6.45) is 0.473. The van der Waals surface area contributed by atoms with Gasteiger partial charge in [-0.3, -0.25) is 29.3 Å². The molecule has 2 aliphatic rings. The Kier molecular flexibility index (Phi) is 5.14. The van der Waals surface area contributed by atoms with Crippen LogP contribution in [0.25, 0.3) is 0 Å². The first-order chi connectivity index (χ1) is 14.8. The van der Waals surface area contributed by atoms with E-state index in [4.69, 9.17) is 0 Å². The van der Waals surface area contributed by atoms with Gasteiger partial charge in [0.2, 0.25) is 11.8 Å². The molecule has 1 fully saturated rings. The number of nitrogens with zero attached hydrogens (tertiary/aromatic N) is 2. The molecule has 2 heterocycles. The summed E-state index contributed by atoms with van der Waals surface area (Å²) in [5.74, 6) is -1.46. The standard InChI is InChI=1S/C23H21N3O5/c1-25(2)22(30)14-5-3-13(4-6-14)20(28)15-7-8-17-16(11-15)12-26(23(17)31)18-9-10-19(27)24-21(18)29/h3-8,11,18H,9-10,12H2,1-2H3,(H,24,27,29). The van der Waals surface area contributed by atoms with E-state index in [1.54, 1.807) is 56.6 Å². The van der Waals surface area contributed by atoms with Crippen LogP contribution in [0.1, 0.15) is 55.0 Å². The van der Waals surface area contributed by atoms with Crippen LogP contribution < -0.4 is 5.32 Å². The van der Waals surface area contributed by atoms with E-state index in [0.717, 1.165) is 0 Å². The van der Waals surface area contributed by atoms with Crippen LogP contribution in [0.2, 0.25) is 0 Å². The maximum atomic E-state index is 12.9. The molecule has 0 aliphatic carbocycles. The number of amides is 4. The molecule has 4 amide bonds. The van der Waals surface area contributed by atoms with Crippen molar-refractivity contribution in [2.45, 2.75) is 25.4 Å². The number of piperidine rings is 1. The van der Waals surface area contributed by atoms with Gasteiger partial charge in [0, 0.05) is 49.3 Å². The zero-order valence-electron chi connectivity index (χ0n) is 17.2. The van der Waals surface area contributed by atoms with Crippen molar-refractivity contribution >= 4 is 29.4 Å². The second kappa shape index (κ2) is 7.79. The molecule has 158 valence electrons. The van der Waals surface area contributed by atoms with Gasteiger partial charge in [-0.15, -0.1) is 0 Å². The van der Waals surface area contributed by atoms with Crippen molar-refractivity contribution < 1.29 is 24.0 Å². The molecule has 8 nitrogen and oxygen atoms in total. The van der Waals surface area contributed by atoms with Gasteiger partial charge in [-0.2, -0.15) is 0 Å². The fraction of sp³-hybridized carbons (Fsp3) is 0.261. The zero-order valence-corrected chi connectivity index (χ0v) is 17.2. The molecule has 1 saturated heterocycles. The molecule has 8 heteroatoms. The van der Waals surface area contributed by atoms with Gasteiger partial charge in [0.1, 0.15) is 6.04 Å². The number of carbonyl (C=O) groups excluding carboxylic acids is 5. The van der Waals surface area contributed by atoms with Crippen LogP contribution in [0, 0.1) is 0 Å². The first kappa shape index (κ1) is 20.5. The lowest BCUT2D eigenvalue weighted by Gasteiger charge is -2.29. The Labute approximate surface area is 178 Å². The van der Waals surface area contributed by atoms with Crippen LogP contribution >= 0.6 is 0 Å². The molecule has 1 atom stereocenters. The molecule has 0 saturated carbocycles. The summed E-state index contributed by atoms with van der Waals surface area (Å²) in [5.41, 5.74) is 2.46. The summed E-state index contributed by atoms with van der Waals surface area (Å²) in [7, 11) is 3.32. The number of ketones is 1. The second-order valence-corrected chi connectivity index (χ2v) is 7.88. The van der Waals surface area contributed by atoms with Gasteiger partial charge in [0.25, 0.3) is 11.8 Å². The van der Waals surface area contributed by atoms with E-state index in [9.17, 15) is 24.0 Å². The van der Waals surface area contributed by atoms with Gasteiger partial charge in [0.05, 0.1) is 0 Å². The Hall–Kier alpha value is -3.81. The monoisotopic (exact) mass is 419 g/mol. The van der Waals surface area contributed by atoms with E-state index in [2.05, 4.69) is 5.32 Å². The average molecular weight is 419 g/mol. The highest BCUT2D eigenvalue weighted by atomic mass is 16.2. The van der Waals surface area contributed by atoms with Gasteiger partial charge < -0.3 is 9.80 Å². The molecule has 0 spiro atoms. The number of nitrogens with one attached hydrogen (secondary N) is 1. The smallest absolute Gasteiger partial charge is 0.255 e. The van der Waals surface area contributed by atoms with Gasteiger partial charge in [-0.05, 0) is 36.2 Å². The molecule has 0 radical (unpaired) electrons. The third kappa shape index (κ3) is 3.72. The largest absolute Gasteiger partial charge is 0.345 e. The normalized spacial score (nSPS) is 17.9. The van der Waals surface area contributed by atoms with E-state index in [0.29, 0.717) is 27.8 Å². The first-order valence-electron chi connectivity index (χ1n) is 9.90. The number of rotatable bonds is 4. The Morgan fingerprint density at radius 3 is 2.26 bits per heavy atom. The van der Waals surface area contributed by atoms with Crippen molar-refractivity contribution in [3.8, 4) is 0 Å². The van der Waals surface area contributed by atoms with Crippen LogP contribution in [0.15, 0.2) is 42.5 Å². The van der Waals surface area contributed by atoms with Gasteiger partial charge in [0.15, 0.2) is 5.78 Å². The Morgan fingerprint density at radius 2 is 1.61 bits per heavy atom. The lowest BCUT2D eigenvalue weighted by molar-refractivity contribution is -0.136. The number of benzene rings is 2. The highest BCUT2D eigenvalue weighted by molar-refractivity contribution is 6.11. The topological polar surface area (TPSA) is 104 Å². The minimum Gasteiger partial charge on any atom is -0.345 e. The number of fused-ring (bicyclic) bond motifs is 1. The number of hydrogen-bond acceptors (Lipinski definition) is 5. The summed E-state index contributed by atoms with van der Waals surface area (Å²) in [4.78, 5) is 64.2. The highest BCUT2D eigenvalue weighted by Gasteiger charge is 2.39. The number of carbonyl (C=O) groups is 5. The van der Waals surface area contributed by atoms with Crippen molar-refractivity contribution in [3.05, 3.63) is 70.3 Å². The van der Waals surface area contributed by atoms with E-state index >= 15 is 0 Å². The minimum absolute atomic E-state index is 0.149. The lowest BCUT2D eigenvalue weighted by Crippen LogP contribution is -2.52. The van der Waals surface area contributed by atoms with Gasteiger partial charge in [-0.25, -0.2) is 0 Å². The van der Waals surface area contributed by atoms with Crippen LogP contribution in [-0.4, -0.2) is 59.3 Å². The van der Waals surface area contributed by atoms with E-state index in [1.807, 2.05) is 0 Å². The molecule has 4 rings (SSSR count). The first-order valence-corrected chi connectivity index (χ1v) is 9.90. The summed E-state index contributed by atoms with van der Waals surface area (Å²) in [5, 5.41) is 2.27. The second-order valence-electron chi connectivity index (χ2n) is 7.88. The fourth-order valence-electron chi connectivity index (χ4n) is 3.90. The fourth-order valence-corrected chi connectivity index (χ4v) is 3.90. The summed E-state index contributed by atoms with van der Waals surface area (Å²) >= 11 is 0. The van der Waals surface area contributed by atoms with E-state index in [-0.39, 0.29) is 42.9 Å². The molecule has 2 aromatic rings. The molecule has 31 heavy (non-hydrogen) atoms. The van der Waals surface area contributed by atoms with Crippen molar-refractivity contribution in [1.82, 2.24) is 15.1 Å². The third-order valence-corrected chi connectivity index (χ3v) is 5.59. The summed E-state index contributed by atoms with van der Waals surface area (Å²) in [6.45, 7) is 0.206. The van der Waals surface area contributed by atoms with Crippen molar-refractivity contribution in [2.75, 3.05) is 14.1 Å². The molecule has 1 N–H and O–H groups in total.